The Morgan fingerprint density at radius 1 is 0.864 bits per heavy atom. The molecule has 0 aliphatic carbocycles. The van der Waals surface area contributed by atoms with Crippen molar-refractivity contribution in [2.45, 2.75) is 0 Å². The largest absolute Gasteiger partial charge is 0.244 e. The van der Waals surface area contributed by atoms with E-state index < -0.39 is 5.03 Å². The maximum Gasteiger partial charge on any atom is 0.170 e. The van der Waals surface area contributed by atoms with Crippen molar-refractivity contribution in [1.29, 1.82) is 0 Å². The topological polar surface area (TPSA) is 72.2 Å². The molecule has 0 saturated heterocycles. The van der Waals surface area contributed by atoms with Crippen LogP contribution in [0.1, 0.15) is 0 Å². The summed E-state index contributed by atoms with van der Waals surface area (Å²) in [4.78, 5) is 19.4. The summed E-state index contributed by atoms with van der Waals surface area (Å²) in [5, 5.41) is 12.1. The van der Waals surface area contributed by atoms with Crippen LogP contribution in [-0.4, -0.2) is 15.0 Å². The average Bonchev–Trinajstić information content (AvgIpc) is 2.57. The molecule has 108 valence electrons. The number of hydrogen-bond acceptors (Lipinski definition) is 4. The maximum absolute atomic E-state index is 11.5. The van der Waals surface area contributed by atoms with Gasteiger partial charge >= 0.3 is 0 Å². The molecule has 2 aromatic carbocycles. The molecule has 3 aromatic rings. The molecule has 0 bridgehead atoms. The van der Waals surface area contributed by atoms with Crippen molar-refractivity contribution in [2.75, 3.05) is 5.01 Å². The van der Waals surface area contributed by atoms with E-state index in [1.165, 1.54) is 6.33 Å². The number of hydrogen-bond donors (Lipinski definition) is 0. The third kappa shape index (κ3) is 2.76. The third-order valence-corrected chi connectivity index (χ3v) is 3.15. The van der Waals surface area contributed by atoms with E-state index in [1.807, 2.05) is 12.1 Å². The zero-order valence-electron chi connectivity index (χ0n) is 11.5. The van der Waals surface area contributed by atoms with Crippen LogP contribution >= 0.6 is 0 Å². The minimum Gasteiger partial charge on any atom is -0.244 e. The van der Waals surface area contributed by atoms with Crippen molar-refractivity contribution >= 4 is 11.4 Å². The zero-order chi connectivity index (χ0) is 15.4. The predicted molar refractivity (Wildman–Crippen MR) is 83.0 cm³/mol. The molecule has 3 rings (SSSR count). The van der Waals surface area contributed by atoms with Crippen LogP contribution in [-0.2, 0) is 0 Å². The van der Waals surface area contributed by atoms with Gasteiger partial charge in [0.1, 0.15) is 17.7 Å². The number of rotatable bonds is 4. The first-order chi connectivity index (χ1) is 10.8. The van der Waals surface area contributed by atoms with Gasteiger partial charge in [0.2, 0.25) is 0 Å². The Bertz CT molecular complexity index is 778. The third-order valence-electron chi connectivity index (χ3n) is 3.15. The molecule has 1 aromatic heterocycles. The number of hydrazine groups is 1. The second-order valence-electron chi connectivity index (χ2n) is 4.56. The highest BCUT2D eigenvalue weighted by Gasteiger charge is 2.20. The molecular weight excluding hydrogens is 280 g/mol. The lowest BCUT2D eigenvalue weighted by Crippen LogP contribution is -2.24. The van der Waals surface area contributed by atoms with Crippen molar-refractivity contribution in [3.63, 3.8) is 0 Å². The Hall–Kier alpha value is -3.28. The van der Waals surface area contributed by atoms with E-state index in [4.69, 9.17) is 0 Å². The molecule has 0 N–H and O–H groups in total. The second kappa shape index (κ2) is 6.01. The van der Waals surface area contributed by atoms with E-state index >= 15 is 0 Å². The molecule has 1 heterocycles. The normalized spacial score (nSPS) is 10.2. The van der Waals surface area contributed by atoms with Gasteiger partial charge in [0, 0.05) is 18.0 Å². The van der Waals surface area contributed by atoms with Gasteiger partial charge in [-0.25, -0.2) is 20.1 Å². The van der Waals surface area contributed by atoms with Crippen LogP contribution < -0.4 is 5.01 Å². The molecule has 0 radical (unpaired) electrons. The van der Waals surface area contributed by atoms with Crippen molar-refractivity contribution in [2.24, 2.45) is 0 Å². The van der Waals surface area contributed by atoms with Crippen LogP contribution in [0.4, 0.5) is 11.4 Å². The number of anilines is 2. The van der Waals surface area contributed by atoms with E-state index in [0.29, 0.717) is 11.4 Å². The molecule has 0 fully saturated rings. The molecule has 0 saturated carbocycles. The lowest BCUT2D eigenvalue weighted by Gasteiger charge is -2.14. The smallest absolute Gasteiger partial charge is 0.170 e. The van der Waals surface area contributed by atoms with Gasteiger partial charge in [0.25, 0.3) is 0 Å². The number of benzene rings is 2. The average molecular weight is 292 g/mol. The van der Waals surface area contributed by atoms with Crippen LogP contribution in [0.15, 0.2) is 73.3 Å². The maximum atomic E-state index is 11.5. The van der Waals surface area contributed by atoms with Crippen molar-refractivity contribution in [3.8, 4) is 11.1 Å². The van der Waals surface area contributed by atoms with Crippen LogP contribution in [0.2, 0.25) is 0 Å². The molecule has 22 heavy (non-hydrogen) atoms. The summed E-state index contributed by atoms with van der Waals surface area (Å²) in [5.74, 6) is 0. The van der Waals surface area contributed by atoms with Gasteiger partial charge in [0.05, 0.1) is 0 Å². The summed E-state index contributed by atoms with van der Waals surface area (Å²) >= 11 is 0. The van der Waals surface area contributed by atoms with Gasteiger partial charge in [0.15, 0.2) is 5.03 Å². The predicted octanol–water partition coefficient (Wildman–Crippen LogP) is 3.47. The van der Waals surface area contributed by atoms with E-state index in [2.05, 4.69) is 9.97 Å². The van der Waals surface area contributed by atoms with Crippen LogP contribution in [0.3, 0.4) is 0 Å². The SMILES string of the molecule is O=[N+]([O-])N(c1ccccc1)c1cccc(-c2cncnc2)c1. The Morgan fingerprint density at radius 3 is 2.23 bits per heavy atom. The van der Waals surface area contributed by atoms with E-state index in [1.54, 1.807) is 54.9 Å². The van der Waals surface area contributed by atoms with Crippen molar-refractivity contribution < 1.29 is 5.03 Å². The van der Waals surface area contributed by atoms with E-state index in [9.17, 15) is 10.1 Å². The zero-order valence-corrected chi connectivity index (χ0v) is 11.5. The highest BCUT2D eigenvalue weighted by molar-refractivity contribution is 5.70. The molecule has 6 nitrogen and oxygen atoms in total. The van der Waals surface area contributed by atoms with Gasteiger partial charge in [-0.05, 0) is 29.8 Å². The fourth-order valence-electron chi connectivity index (χ4n) is 2.17. The minimum absolute atomic E-state index is 0.435. The summed E-state index contributed by atoms with van der Waals surface area (Å²) in [7, 11) is 0. The van der Waals surface area contributed by atoms with Gasteiger partial charge in [-0.15, -0.1) is 0 Å². The molecular formula is C16H12N4O2. The fourth-order valence-corrected chi connectivity index (χ4v) is 2.17. The van der Waals surface area contributed by atoms with E-state index in [0.717, 1.165) is 16.1 Å². The highest BCUT2D eigenvalue weighted by Crippen LogP contribution is 2.29. The molecule has 0 atom stereocenters. The van der Waals surface area contributed by atoms with Crippen molar-refractivity contribution in [1.82, 2.24) is 9.97 Å². The molecule has 0 amide bonds. The molecule has 0 spiro atoms. The first kappa shape index (κ1) is 13.7. The molecule has 0 aliphatic heterocycles. The van der Waals surface area contributed by atoms with Gasteiger partial charge in [-0.3, -0.25) is 0 Å². The second-order valence-corrected chi connectivity index (χ2v) is 4.56. The lowest BCUT2D eigenvalue weighted by molar-refractivity contribution is -0.483. The quantitative estimate of drug-likeness (QED) is 0.544. The van der Waals surface area contributed by atoms with Gasteiger partial charge in [-0.1, -0.05) is 35.3 Å². The summed E-state index contributed by atoms with van der Waals surface area (Å²) in [6.07, 6.45) is 4.79. The van der Waals surface area contributed by atoms with Crippen LogP contribution in [0, 0.1) is 10.1 Å². The van der Waals surface area contributed by atoms with Crippen LogP contribution in [0.25, 0.3) is 11.1 Å². The first-order valence-corrected chi connectivity index (χ1v) is 6.60. The highest BCUT2D eigenvalue weighted by atomic mass is 16.7. The first-order valence-electron chi connectivity index (χ1n) is 6.60. The monoisotopic (exact) mass is 292 g/mol. The number of para-hydroxylation sites is 1. The van der Waals surface area contributed by atoms with Gasteiger partial charge < -0.3 is 0 Å². The number of nitro groups is 1. The van der Waals surface area contributed by atoms with Crippen molar-refractivity contribution in [3.05, 3.63) is 83.4 Å². The standard InChI is InChI=1S/C16H12N4O2/c21-20(22)19(15-6-2-1-3-7-15)16-8-4-5-13(9-16)14-10-17-12-18-11-14/h1-12H. The molecule has 0 unspecified atom stereocenters. The van der Waals surface area contributed by atoms with Crippen LogP contribution in [0.5, 0.6) is 0 Å². The summed E-state index contributed by atoms with van der Waals surface area (Å²) in [6.45, 7) is 0. The number of aromatic nitrogens is 2. The Morgan fingerprint density at radius 2 is 1.55 bits per heavy atom. The van der Waals surface area contributed by atoms with E-state index in [-0.39, 0.29) is 0 Å². The Labute approximate surface area is 126 Å². The Balaban J connectivity index is 2.05. The summed E-state index contributed by atoms with van der Waals surface area (Å²) < 4.78 is 0. The fraction of sp³-hybridized carbons (Fsp3) is 0. The Kier molecular flexibility index (Phi) is 3.74. The molecule has 0 aliphatic rings. The summed E-state index contributed by atoms with van der Waals surface area (Å²) in [6, 6.07) is 15.8. The molecule has 6 heteroatoms. The van der Waals surface area contributed by atoms with Gasteiger partial charge in [-0.2, -0.15) is 0 Å². The summed E-state index contributed by atoms with van der Waals surface area (Å²) in [5.41, 5.74) is 2.59. The number of nitrogens with zero attached hydrogens (tertiary/aromatic N) is 4. The minimum atomic E-state index is -0.435. The lowest BCUT2D eigenvalue weighted by atomic mass is 10.1.